The maximum Gasteiger partial charge on any atom is 0.328 e. The minimum Gasteiger partial charge on any atom is -0.300 e. The molecule has 8 nitrogen and oxygen atoms in total. The summed E-state index contributed by atoms with van der Waals surface area (Å²) >= 11 is 0. The van der Waals surface area contributed by atoms with Crippen molar-refractivity contribution in [3.8, 4) is 0 Å². The lowest BCUT2D eigenvalue weighted by atomic mass is 10.1. The topological polar surface area (TPSA) is 110 Å². The van der Waals surface area contributed by atoms with Crippen LogP contribution in [0.2, 0.25) is 0 Å². The molecule has 2 rings (SSSR count). The quantitative estimate of drug-likeness (QED) is 0.781. The lowest BCUT2D eigenvalue weighted by Gasteiger charge is -2.15. The molecule has 0 atom stereocenters. The molecule has 0 aliphatic carbocycles. The number of aromatic nitrogens is 4. The van der Waals surface area contributed by atoms with E-state index < -0.39 is 22.5 Å². The molecule has 0 radical (unpaired) electrons. The van der Waals surface area contributed by atoms with Gasteiger partial charge in [0.05, 0.1) is 0 Å². The number of nitrogens with zero attached hydrogens (tertiary/aromatic N) is 2. The van der Waals surface area contributed by atoms with Crippen LogP contribution in [0.4, 0.5) is 0 Å². The van der Waals surface area contributed by atoms with Crippen LogP contribution in [0.5, 0.6) is 0 Å². The first-order valence-corrected chi connectivity index (χ1v) is 6.88. The summed E-state index contributed by atoms with van der Waals surface area (Å²) in [5.74, 6) is -0.0500. The first kappa shape index (κ1) is 15.7. The Hall–Kier alpha value is -2.64. The second-order valence-electron chi connectivity index (χ2n) is 5.55. The molecule has 0 aromatic carbocycles. The molecule has 0 saturated heterocycles. The smallest absolute Gasteiger partial charge is 0.300 e. The van der Waals surface area contributed by atoms with Gasteiger partial charge in [-0.1, -0.05) is 6.92 Å². The minimum atomic E-state index is -0.479. The van der Waals surface area contributed by atoms with Gasteiger partial charge in [-0.25, -0.2) is 9.59 Å². The predicted octanol–water partition coefficient (Wildman–Crippen LogP) is -0.660. The molecule has 2 N–H and O–H groups in total. The predicted molar refractivity (Wildman–Crippen MR) is 81.3 cm³/mol. The number of aromatic amines is 2. The van der Waals surface area contributed by atoms with Crippen LogP contribution in [0.15, 0.2) is 31.6 Å². The number of nitrogens with one attached hydrogen (secondary N) is 2. The summed E-state index contributed by atoms with van der Waals surface area (Å²) in [6.07, 6.45) is 3.00. The SMILES string of the molecule is Cc1cn(CC(C)Cn2cc(C)c(=O)[nH]c2=O)c(=O)[nH]c1=O. The third kappa shape index (κ3) is 3.33. The average molecular weight is 306 g/mol. The molecule has 2 heterocycles. The largest absolute Gasteiger partial charge is 0.328 e. The van der Waals surface area contributed by atoms with E-state index in [0.717, 1.165) is 0 Å². The van der Waals surface area contributed by atoms with Gasteiger partial charge in [0.2, 0.25) is 0 Å². The van der Waals surface area contributed by atoms with Gasteiger partial charge in [-0.2, -0.15) is 0 Å². The Kier molecular flexibility index (Phi) is 4.30. The summed E-state index contributed by atoms with van der Waals surface area (Å²) < 4.78 is 2.82. The first-order chi connectivity index (χ1) is 10.3. The van der Waals surface area contributed by atoms with E-state index in [1.807, 2.05) is 6.92 Å². The Morgan fingerprint density at radius 1 is 0.864 bits per heavy atom. The van der Waals surface area contributed by atoms with Gasteiger partial charge < -0.3 is 0 Å². The van der Waals surface area contributed by atoms with Crippen molar-refractivity contribution in [1.82, 2.24) is 19.1 Å². The van der Waals surface area contributed by atoms with Gasteiger partial charge in [0.25, 0.3) is 11.1 Å². The Morgan fingerprint density at radius 3 is 1.59 bits per heavy atom. The van der Waals surface area contributed by atoms with Crippen molar-refractivity contribution in [2.45, 2.75) is 33.9 Å². The second-order valence-corrected chi connectivity index (χ2v) is 5.55. The van der Waals surface area contributed by atoms with Crippen LogP contribution >= 0.6 is 0 Å². The average Bonchev–Trinajstić information content (AvgIpc) is 2.42. The number of rotatable bonds is 4. The zero-order chi connectivity index (χ0) is 16.4. The number of H-pyrrole nitrogens is 2. The van der Waals surface area contributed by atoms with E-state index in [9.17, 15) is 19.2 Å². The fraction of sp³-hybridized carbons (Fsp3) is 0.429. The van der Waals surface area contributed by atoms with E-state index >= 15 is 0 Å². The highest BCUT2D eigenvalue weighted by Gasteiger charge is 2.09. The van der Waals surface area contributed by atoms with Crippen molar-refractivity contribution in [2.24, 2.45) is 5.92 Å². The molecule has 0 spiro atoms. The lowest BCUT2D eigenvalue weighted by Crippen LogP contribution is -2.35. The molecule has 0 aliphatic heterocycles. The van der Waals surface area contributed by atoms with Crippen LogP contribution < -0.4 is 22.5 Å². The minimum absolute atomic E-state index is 0.0500. The fourth-order valence-electron chi connectivity index (χ4n) is 2.24. The second kappa shape index (κ2) is 6.00. The van der Waals surface area contributed by atoms with Crippen molar-refractivity contribution in [2.75, 3.05) is 0 Å². The summed E-state index contributed by atoms with van der Waals surface area (Å²) in [5, 5.41) is 0. The monoisotopic (exact) mass is 306 g/mol. The number of aryl methyl sites for hydroxylation is 2. The molecular weight excluding hydrogens is 288 g/mol. The van der Waals surface area contributed by atoms with Crippen molar-refractivity contribution in [3.05, 3.63) is 65.2 Å². The number of hydrogen-bond donors (Lipinski definition) is 2. The summed E-state index contributed by atoms with van der Waals surface area (Å²) in [6.45, 7) is 5.81. The molecule has 0 bridgehead atoms. The highest BCUT2D eigenvalue weighted by molar-refractivity contribution is 5.02. The first-order valence-electron chi connectivity index (χ1n) is 6.88. The van der Waals surface area contributed by atoms with E-state index in [2.05, 4.69) is 9.97 Å². The van der Waals surface area contributed by atoms with Crippen LogP contribution in [0.3, 0.4) is 0 Å². The standard InChI is InChI=1S/C14H18N4O4/c1-8(4-17-6-9(2)11(19)15-13(17)21)5-18-7-10(3)12(20)16-14(18)22/h6-8H,4-5H2,1-3H3,(H,15,19,21)(H,16,20,22). The van der Waals surface area contributed by atoms with Crippen molar-refractivity contribution >= 4 is 0 Å². The molecule has 2 aromatic heterocycles. The third-order valence-corrected chi connectivity index (χ3v) is 3.39. The maximum atomic E-state index is 11.7. The normalized spacial score (nSPS) is 11.1. The van der Waals surface area contributed by atoms with Gasteiger partial charge in [-0.15, -0.1) is 0 Å². The van der Waals surface area contributed by atoms with Gasteiger partial charge in [-0.05, 0) is 19.8 Å². The molecule has 0 amide bonds. The Labute approximate surface area is 125 Å². The van der Waals surface area contributed by atoms with Crippen LogP contribution in [-0.2, 0) is 13.1 Å². The van der Waals surface area contributed by atoms with Gasteiger partial charge in [-0.3, -0.25) is 28.7 Å². The third-order valence-electron chi connectivity index (χ3n) is 3.39. The zero-order valence-corrected chi connectivity index (χ0v) is 12.7. The maximum absolute atomic E-state index is 11.7. The van der Waals surface area contributed by atoms with Crippen LogP contribution in [0.25, 0.3) is 0 Å². The van der Waals surface area contributed by atoms with E-state index in [0.29, 0.717) is 24.2 Å². The Bertz CT molecular complexity index is 840. The van der Waals surface area contributed by atoms with Gasteiger partial charge in [0.1, 0.15) is 0 Å². The number of hydrogen-bond acceptors (Lipinski definition) is 4. The molecule has 8 heteroatoms. The van der Waals surface area contributed by atoms with Crippen LogP contribution in [0, 0.1) is 19.8 Å². The van der Waals surface area contributed by atoms with Crippen molar-refractivity contribution in [1.29, 1.82) is 0 Å². The summed E-state index contributed by atoms with van der Waals surface area (Å²) in [5.41, 5.74) is -0.865. The Morgan fingerprint density at radius 2 is 1.23 bits per heavy atom. The molecule has 22 heavy (non-hydrogen) atoms. The van der Waals surface area contributed by atoms with Crippen molar-refractivity contribution < 1.29 is 0 Å². The molecule has 118 valence electrons. The van der Waals surface area contributed by atoms with E-state index in [1.165, 1.54) is 21.5 Å². The molecule has 0 fully saturated rings. The molecular formula is C14H18N4O4. The van der Waals surface area contributed by atoms with E-state index in [-0.39, 0.29) is 5.92 Å². The summed E-state index contributed by atoms with van der Waals surface area (Å²) in [6, 6.07) is 0. The van der Waals surface area contributed by atoms with E-state index in [1.54, 1.807) is 13.8 Å². The van der Waals surface area contributed by atoms with Gasteiger partial charge in [0, 0.05) is 36.6 Å². The van der Waals surface area contributed by atoms with E-state index in [4.69, 9.17) is 0 Å². The molecule has 0 saturated carbocycles. The van der Waals surface area contributed by atoms with Gasteiger partial charge >= 0.3 is 11.4 Å². The van der Waals surface area contributed by atoms with Gasteiger partial charge in [0.15, 0.2) is 0 Å². The highest BCUT2D eigenvalue weighted by atomic mass is 16.2. The molecule has 0 unspecified atom stereocenters. The lowest BCUT2D eigenvalue weighted by molar-refractivity contribution is 0.397. The van der Waals surface area contributed by atoms with Crippen LogP contribution in [0.1, 0.15) is 18.1 Å². The molecule has 2 aromatic rings. The fourth-order valence-corrected chi connectivity index (χ4v) is 2.24. The Balaban J connectivity index is 2.23. The van der Waals surface area contributed by atoms with Crippen LogP contribution in [-0.4, -0.2) is 19.1 Å². The zero-order valence-electron chi connectivity index (χ0n) is 12.7. The van der Waals surface area contributed by atoms with Crippen molar-refractivity contribution in [3.63, 3.8) is 0 Å². The highest BCUT2D eigenvalue weighted by Crippen LogP contribution is 2.02. The summed E-state index contributed by atoms with van der Waals surface area (Å²) in [4.78, 5) is 50.6. The molecule has 0 aliphatic rings. The summed E-state index contributed by atoms with van der Waals surface area (Å²) in [7, 11) is 0.